The van der Waals surface area contributed by atoms with Crippen LogP contribution in [0.15, 0.2) is 18.2 Å². The van der Waals surface area contributed by atoms with E-state index >= 15 is 0 Å². The number of benzene rings is 1. The summed E-state index contributed by atoms with van der Waals surface area (Å²) < 4.78 is 5.04. The maximum Gasteiger partial charge on any atom is 0.292 e. The largest absolute Gasteiger partial charge is 0.392 e. The second-order valence-corrected chi connectivity index (χ2v) is 3.69. The van der Waals surface area contributed by atoms with Gasteiger partial charge in [0.1, 0.15) is 5.69 Å². The molecule has 0 radical (unpaired) electrons. The lowest BCUT2D eigenvalue weighted by Gasteiger charge is -2.12. The van der Waals surface area contributed by atoms with Gasteiger partial charge in [-0.15, -0.1) is 0 Å². The van der Waals surface area contributed by atoms with E-state index in [-0.39, 0.29) is 18.4 Å². The fourth-order valence-electron chi connectivity index (χ4n) is 1.31. The van der Waals surface area contributed by atoms with Crippen LogP contribution in [0.2, 0.25) is 0 Å². The van der Waals surface area contributed by atoms with Crippen LogP contribution < -0.4 is 5.32 Å². The number of nitro groups is 1. The summed E-state index contributed by atoms with van der Waals surface area (Å²) in [6.45, 7) is 2.13. The van der Waals surface area contributed by atoms with E-state index in [0.717, 1.165) is 0 Å². The number of hydrogen-bond acceptors (Lipinski definition) is 5. The van der Waals surface area contributed by atoms with Gasteiger partial charge in [0.2, 0.25) is 0 Å². The second kappa shape index (κ2) is 6.17. The normalized spacial score (nSPS) is 12.2. The van der Waals surface area contributed by atoms with Crippen molar-refractivity contribution >= 4 is 11.4 Å². The summed E-state index contributed by atoms with van der Waals surface area (Å²) >= 11 is 0. The molecule has 0 aromatic heterocycles. The summed E-state index contributed by atoms with van der Waals surface area (Å²) in [5.74, 6) is 0. The zero-order valence-corrected chi connectivity index (χ0v) is 9.84. The van der Waals surface area contributed by atoms with Gasteiger partial charge in [-0.25, -0.2) is 0 Å². The molecule has 0 saturated carbocycles. The molecule has 6 nitrogen and oxygen atoms in total. The minimum atomic E-state index is -0.473. The number of aliphatic hydroxyl groups is 1. The number of aliphatic hydroxyl groups excluding tert-OH is 1. The van der Waals surface area contributed by atoms with Gasteiger partial charge >= 0.3 is 0 Å². The van der Waals surface area contributed by atoms with Crippen molar-refractivity contribution in [2.45, 2.75) is 19.6 Å². The third kappa shape index (κ3) is 3.69. The average Bonchev–Trinajstić information content (AvgIpc) is 2.35. The van der Waals surface area contributed by atoms with Crippen molar-refractivity contribution < 1.29 is 14.8 Å². The van der Waals surface area contributed by atoms with E-state index in [2.05, 4.69) is 5.32 Å². The van der Waals surface area contributed by atoms with Crippen LogP contribution in [-0.4, -0.2) is 29.8 Å². The molecule has 0 spiro atoms. The molecule has 94 valence electrons. The highest BCUT2D eigenvalue weighted by Crippen LogP contribution is 2.25. The van der Waals surface area contributed by atoms with Crippen LogP contribution in [0.5, 0.6) is 0 Å². The molecule has 6 heteroatoms. The van der Waals surface area contributed by atoms with E-state index in [4.69, 9.17) is 9.84 Å². The predicted molar refractivity (Wildman–Crippen MR) is 64.0 cm³/mol. The number of nitro benzene ring substituents is 1. The minimum absolute atomic E-state index is 0.0351. The number of rotatable bonds is 6. The summed E-state index contributed by atoms with van der Waals surface area (Å²) in [7, 11) is 1.58. The summed E-state index contributed by atoms with van der Waals surface area (Å²) in [5.41, 5.74) is 0.901. The number of ether oxygens (including phenoxy) is 1. The van der Waals surface area contributed by atoms with E-state index < -0.39 is 4.92 Å². The molecular weight excluding hydrogens is 224 g/mol. The predicted octanol–water partition coefficient (Wildman–Crippen LogP) is 1.53. The van der Waals surface area contributed by atoms with E-state index in [9.17, 15) is 10.1 Å². The third-order valence-electron chi connectivity index (χ3n) is 2.42. The van der Waals surface area contributed by atoms with Gasteiger partial charge in [-0.05, 0) is 18.6 Å². The molecule has 0 aliphatic heterocycles. The van der Waals surface area contributed by atoms with Gasteiger partial charge in [0.05, 0.1) is 17.6 Å². The van der Waals surface area contributed by atoms with Gasteiger partial charge in [-0.2, -0.15) is 0 Å². The van der Waals surface area contributed by atoms with Crippen LogP contribution in [0.3, 0.4) is 0 Å². The maximum absolute atomic E-state index is 10.9. The Bertz CT molecular complexity index is 395. The van der Waals surface area contributed by atoms with Crippen molar-refractivity contribution in [1.82, 2.24) is 0 Å². The highest BCUT2D eigenvalue weighted by Gasteiger charge is 2.14. The molecule has 0 aliphatic rings. The standard InChI is InChI=1S/C11H16N2O4/c1-8(17-2)6-12-10-4-3-9(7-14)5-11(10)13(15)16/h3-5,8,12,14H,6-7H2,1-2H3. The van der Waals surface area contributed by atoms with E-state index in [1.807, 2.05) is 6.92 Å². The van der Waals surface area contributed by atoms with Crippen molar-refractivity contribution in [3.05, 3.63) is 33.9 Å². The van der Waals surface area contributed by atoms with Gasteiger partial charge in [0, 0.05) is 19.7 Å². The van der Waals surface area contributed by atoms with Crippen LogP contribution in [0.4, 0.5) is 11.4 Å². The Labute approximate surface area is 99.4 Å². The monoisotopic (exact) mass is 240 g/mol. The summed E-state index contributed by atoms with van der Waals surface area (Å²) in [4.78, 5) is 10.4. The van der Waals surface area contributed by atoms with Crippen molar-refractivity contribution in [3.8, 4) is 0 Å². The Kier molecular flexibility index (Phi) is 4.86. The second-order valence-electron chi connectivity index (χ2n) is 3.69. The summed E-state index contributed by atoms with van der Waals surface area (Å²) in [6.07, 6.45) is -0.0351. The van der Waals surface area contributed by atoms with Crippen LogP contribution in [0.1, 0.15) is 12.5 Å². The van der Waals surface area contributed by atoms with Gasteiger partial charge in [0.15, 0.2) is 0 Å². The van der Waals surface area contributed by atoms with Gasteiger partial charge < -0.3 is 15.2 Å². The first-order chi connectivity index (χ1) is 8.08. The Morgan fingerprint density at radius 1 is 1.59 bits per heavy atom. The fraction of sp³-hybridized carbons (Fsp3) is 0.455. The van der Waals surface area contributed by atoms with Gasteiger partial charge in [-0.1, -0.05) is 6.07 Å². The topological polar surface area (TPSA) is 84.6 Å². The van der Waals surface area contributed by atoms with E-state index in [1.54, 1.807) is 19.2 Å². The maximum atomic E-state index is 10.9. The molecule has 17 heavy (non-hydrogen) atoms. The van der Waals surface area contributed by atoms with E-state index in [0.29, 0.717) is 17.8 Å². The lowest BCUT2D eigenvalue weighted by molar-refractivity contribution is -0.384. The molecule has 0 amide bonds. The minimum Gasteiger partial charge on any atom is -0.392 e. The molecular formula is C11H16N2O4. The first kappa shape index (κ1) is 13.4. The van der Waals surface area contributed by atoms with Crippen molar-refractivity contribution in [1.29, 1.82) is 0 Å². The first-order valence-corrected chi connectivity index (χ1v) is 5.23. The molecule has 0 heterocycles. The lowest BCUT2D eigenvalue weighted by Crippen LogP contribution is -2.18. The van der Waals surface area contributed by atoms with Crippen molar-refractivity contribution in [3.63, 3.8) is 0 Å². The number of methoxy groups -OCH3 is 1. The Morgan fingerprint density at radius 2 is 2.29 bits per heavy atom. The van der Waals surface area contributed by atoms with Gasteiger partial charge in [0.25, 0.3) is 5.69 Å². The Morgan fingerprint density at radius 3 is 2.82 bits per heavy atom. The number of nitrogens with one attached hydrogen (secondary N) is 1. The van der Waals surface area contributed by atoms with Gasteiger partial charge in [-0.3, -0.25) is 10.1 Å². The molecule has 1 unspecified atom stereocenters. The highest BCUT2D eigenvalue weighted by molar-refractivity contribution is 5.62. The van der Waals surface area contributed by atoms with Crippen LogP contribution in [0, 0.1) is 10.1 Å². The third-order valence-corrected chi connectivity index (χ3v) is 2.42. The van der Waals surface area contributed by atoms with Crippen molar-refractivity contribution in [2.24, 2.45) is 0 Å². The summed E-state index contributed by atoms with van der Waals surface area (Å²) in [6, 6.07) is 4.60. The van der Waals surface area contributed by atoms with Crippen LogP contribution in [0.25, 0.3) is 0 Å². The zero-order chi connectivity index (χ0) is 12.8. The smallest absolute Gasteiger partial charge is 0.292 e. The Balaban J connectivity index is 2.87. The molecule has 1 atom stereocenters. The molecule has 0 fully saturated rings. The molecule has 1 aromatic carbocycles. The quantitative estimate of drug-likeness (QED) is 0.582. The summed E-state index contributed by atoms with van der Waals surface area (Å²) in [5, 5.41) is 22.7. The lowest BCUT2D eigenvalue weighted by atomic mass is 10.2. The molecule has 0 bridgehead atoms. The van der Waals surface area contributed by atoms with Crippen LogP contribution >= 0.6 is 0 Å². The first-order valence-electron chi connectivity index (χ1n) is 5.23. The molecule has 0 saturated heterocycles. The Hall–Kier alpha value is -1.66. The van der Waals surface area contributed by atoms with E-state index in [1.165, 1.54) is 6.07 Å². The molecule has 1 rings (SSSR count). The zero-order valence-electron chi connectivity index (χ0n) is 9.84. The average molecular weight is 240 g/mol. The number of hydrogen-bond donors (Lipinski definition) is 2. The van der Waals surface area contributed by atoms with Crippen LogP contribution in [-0.2, 0) is 11.3 Å². The highest BCUT2D eigenvalue weighted by atomic mass is 16.6. The van der Waals surface area contributed by atoms with Crippen molar-refractivity contribution in [2.75, 3.05) is 19.0 Å². The fourth-order valence-corrected chi connectivity index (χ4v) is 1.31. The number of nitrogens with zero attached hydrogens (tertiary/aromatic N) is 1. The SMILES string of the molecule is COC(C)CNc1ccc(CO)cc1[N+](=O)[O-]. The number of anilines is 1. The molecule has 0 aliphatic carbocycles. The molecule has 2 N–H and O–H groups in total. The molecule has 1 aromatic rings.